The lowest BCUT2D eigenvalue weighted by Crippen LogP contribution is -2.50. The van der Waals surface area contributed by atoms with E-state index in [9.17, 15) is 19.2 Å². The van der Waals surface area contributed by atoms with Crippen LogP contribution in [0.2, 0.25) is 0 Å². The number of piperidine rings is 1. The van der Waals surface area contributed by atoms with Crippen LogP contribution in [-0.2, 0) is 34.0 Å². The van der Waals surface area contributed by atoms with Crippen molar-refractivity contribution in [2.45, 2.75) is 90.1 Å². The minimum absolute atomic E-state index is 0.0113. The Morgan fingerprint density at radius 2 is 1.59 bits per heavy atom. The number of nitrogens with zero attached hydrogens (tertiary/aromatic N) is 3. The van der Waals surface area contributed by atoms with Gasteiger partial charge in [-0.3, -0.25) is 24.2 Å². The predicted octanol–water partition coefficient (Wildman–Crippen LogP) is 8.45. The fourth-order valence-electron chi connectivity index (χ4n) is 8.96. The quantitative estimate of drug-likeness (QED) is 0.0831. The highest BCUT2D eigenvalue weighted by Crippen LogP contribution is 2.47. The lowest BCUT2D eigenvalue weighted by atomic mass is 9.92. The van der Waals surface area contributed by atoms with E-state index in [1.165, 1.54) is 0 Å². The number of aliphatic imine (C=N–C) groups is 1. The average molecular weight is 914 g/mol. The summed E-state index contributed by atoms with van der Waals surface area (Å²) in [5.74, 6) is 1.20. The summed E-state index contributed by atoms with van der Waals surface area (Å²) in [5, 5.41) is 7.48. The smallest absolute Gasteiger partial charge is 0.256 e. The Morgan fingerprint density at radius 3 is 2.35 bits per heavy atom. The molecular weight excluding hydrogens is 856 g/mol. The zero-order chi connectivity index (χ0) is 46.5. The number of rotatable bonds is 16. The third kappa shape index (κ3) is 10.0. The summed E-state index contributed by atoms with van der Waals surface area (Å²) in [5.41, 5.74) is 12.1. The monoisotopic (exact) mass is 912 g/mol. The van der Waals surface area contributed by atoms with Gasteiger partial charge in [0.05, 0.1) is 42.6 Å². The van der Waals surface area contributed by atoms with Crippen molar-refractivity contribution in [3.8, 4) is 17.2 Å². The van der Waals surface area contributed by atoms with E-state index in [1.54, 1.807) is 38.3 Å². The summed E-state index contributed by atoms with van der Waals surface area (Å²) in [6.07, 6.45) is 5.69. The molecule has 3 aliphatic rings. The van der Waals surface area contributed by atoms with Crippen LogP contribution in [-0.4, -0.2) is 78.9 Å². The van der Waals surface area contributed by atoms with Gasteiger partial charge in [0.2, 0.25) is 17.7 Å². The van der Waals surface area contributed by atoms with Crippen molar-refractivity contribution >= 4 is 69.3 Å². The Kier molecular flexibility index (Phi) is 14.2. The Balaban J connectivity index is 0.954. The van der Waals surface area contributed by atoms with Gasteiger partial charge >= 0.3 is 0 Å². The maximum absolute atomic E-state index is 14.4. The number of anilines is 2. The summed E-state index contributed by atoms with van der Waals surface area (Å²) < 4.78 is 18.5. The van der Waals surface area contributed by atoms with E-state index in [-0.39, 0.29) is 61.1 Å². The van der Waals surface area contributed by atoms with Crippen molar-refractivity contribution in [2.75, 3.05) is 36.3 Å². The van der Waals surface area contributed by atoms with Crippen LogP contribution >= 0.6 is 11.6 Å². The zero-order valence-corrected chi connectivity index (χ0v) is 38.6. The van der Waals surface area contributed by atoms with Gasteiger partial charge in [-0.05, 0) is 84.4 Å². The van der Waals surface area contributed by atoms with Crippen LogP contribution in [0.1, 0.15) is 85.0 Å². The zero-order valence-electron chi connectivity index (χ0n) is 37.9. The molecule has 0 spiro atoms. The molecule has 8 rings (SSSR count). The van der Waals surface area contributed by atoms with Crippen molar-refractivity contribution in [3.63, 3.8) is 0 Å². The molecule has 14 heteroatoms. The highest BCUT2D eigenvalue weighted by molar-refractivity contribution is 6.18. The summed E-state index contributed by atoms with van der Waals surface area (Å²) >= 11 is 6.37. The maximum atomic E-state index is 14.4. The van der Waals surface area contributed by atoms with Gasteiger partial charge in [-0.15, -0.1) is 11.6 Å². The first-order chi connectivity index (χ1) is 31.9. The van der Waals surface area contributed by atoms with Crippen LogP contribution < -0.4 is 35.5 Å². The van der Waals surface area contributed by atoms with Crippen LogP contribution in [0.3, 0.4) is 0 Å². The maximum Gasteiger partial charge on any atom is 0.256 e. The molecule has 4 amide bonds. The molecule has 3 heterocycles. The third-order valence-corrected chi connectivity index (χ3v) is 12.9. The molecule has 4 atom stereocenters. The first kappa shape index (κ1) is 46.1. The molecule has 5 aromatic carbocycles. The van der Waals surface area contributed by atoms with Crippen molar-refractivity contribution in [3.05, 3.63) is 119 Å². The van der Waals surface area contributed by atoms with Gasteiger partial charge in [0, 0.05) is 54.3 Å². The van der Waals surface area contributed by atoms with E-state index in [2.05, 4.69) is 16.7 Å². The molecule has 4 N–H and O–H groups in total. The highest BCUT2D eigenvalue weighted by Gasteiger charge is 2.35. The molecule has 0 aromatic heterocycles. The molecule has 344 valence electrons. The van der Waals surface area contributed by atoms with Crippen LogP contribution in [0.15, 0.2) is 96.0 Å². The molecule has 0 aliphatic carbocycles. The number of nitrogens with one attached hydrogen (secondary N) is 2. The molecule has 66 heavy (non-hydrogen) atoms. The van der Waals surface area contributed by atoms with Crippen molar-refractivity contribution in [1.82, 2.24) is 10.2 Å². The van der Waals surface area contributed by atoms with E-state index >= 15 is 0 Å². The van der Waals surface area contributed by atoms with E-state index < -0.39 is 12.1 Å². The number of hydrogen-bond donors (Lipinski definition) is 3. The number of ether oxygens (including phenoxy) is 3. The molecule has 1 fully saturated rings. The van der Waals surface area contributed by atoms with Crippen molar-refractivity contribution < 1.29 is 33.4 Å². The van der Waals surface area contributed by atoms with Crippen LogP contribution in [0.4, 0.5) is 17.1 Å². The van der Waals surface area contributed by atoms with Gasteiger partial charge in [-0.25, -0.2) is 0 Å². The first-order valence-electron chi connectivity index (χ1n) is 22.7. The highest BCUT2D eigenvalue weighted by atomic mass is 35.5. The van der Waals surface area contributed by atoms with Gasteiger partial charge in [-0.1, -0.05) is 74.5 Å². The number of hydrogen-bond acceptors (Lipinski definition) is 9. The molecule has 13 nitrogen and oxygen atoms in total. The Labute approximate surface area is 390 Å². The molecule has 3 aliphatic heterocycles. The molecule has 0 saturated carbocycles. The number of carbonyl (C=O) groups is 4. The fourth-order valence-corrected chi connectivity index (χ4v) is 9.22. The van der Waals surface area contributed by atoms with E-state index in [4.69, 9.17) is 36.5 Å². The third-order valence-electron chi connectivity index (χ3n) is 12.7. The summed E-state index contributed by atoms with van der Waals surface area (Å²) in [7, 11) is 1.56. The SMILES string of the molecule is COc1cc2c(cc1OCc1cccc(CC(=O)N3C[C@@H](CCCl)c4c3cc(OCc3ccc(NC(=O)[C@H](C)NC(=O)[C@@H](N)C(C)C)cc3)c3ccccc43)c1)N=C[C@@H]1CCCCN1C2=O. The topological polar surface area (TPSA) is 165 Å². The van der Waals surface area contributed by atoms with Gasteiger partial charge in [0.25, 0.3) is 5.91 Å². The number of benzene rings is 5. The second-order valence-electron chi connectivity index (χ2n) is 17.7. The standard InChI is InChI=1S/C52H57ClN6O7/c1-31(2)49(54)51(62)56-32(3)50(61)57-37-17-15-33(16-18-37)29-65-44-26-43-48(40-14-6-5-13-39(40)44)36(19-20-53)28-59(43)47(60)23-34-10-9-11-35(22-34)30-66-46-25-42-41(24-45(46)64-4)52(63)58-21-8-7-12-38(58)27-55-42/h5-6,9-11,13-18,22,24-27,31-32,36,38,49H,7-8,12,19-21,23,28-30,54H2,1-4H3,(H,56,62)(H,57,61)/t32-,36+,38-,49-/m0/s1. The lowest BCUT2D eigenvalue weighted by Gasteiger charge is -2.32. The normalized spacial score (nSPS) is 17.3. The Bertz CT molecular complexity index is 2650. The number of carbonyl (C=O) groups excluding carboxylic acids is 4. The molecule has 0 bridgehead atoms. The summed E-state index contributed by atoms with van der Waals surface area (Å²) in [4.78, 5) is 61.6. The Hall–Kier alpha value is -6.44. The van der Waals surface area contributed by atoms with Gasteiger partial charge in [-0.2, -0.15) is 0 Å². The minimum Gasteiger partial charge on any atom is -0.493 e. The second kappa shape index (κ2) is 20.4. The number of amides is 4. The van der Waals surface area contributed by atoms with Crippen LogP contribution in [0.5, 0.6) is 17.2 Å². The minimum atomic E-state index is -0.769. The number of fused-ring (bicyclic) bond motifs is 5. The summed E-state index contributed by atoms with van der Waals surface area (Å²) in [6.45, 7) is 6.98. The molecule has 1 saturated heterocycles. The largest absolute Gasteiger partial charge is 0.493 e. The van der Waals surface area contributed by atoms with Crippen molar-refractivity contribution in [1.29, 1.82) is 0 Å². The molecule has 0 radical (unpaired) electrons. The second-order valence-corrected chi connectivity index (χ2v) is 18.0. The predicted molar refractivity (Wildman–Crippen MR) is 259 cm³/mol. The fraction of sp³-hybridized carbons (Fsp3) is 0.365. The van der Waals surface area contributed by atoms with Gasteiger partial charge in [0.1, 0.15) is 25.0 Å². The molecular formula is C52H57ClN6O7. The number of nitrogens with two attached hydrogens (primary N) is 1. The van der Waals surface area contributed by atoms with E-state index in [0.29, 0.717) is 59.6 Å². The van der Waals surface area contributed by atoms with E-state index in [0.717, 1.165) is 58.0 Å². The first-order valence-corrected chi connectivity index (χ1v) is 23.2. The molecule has 5 aromatic rings. The van der Waals surface area contributed by atoms with Crippen LogP contribution in [0, 0.1) is 5.92 Å². The van der Waals surface area contributed by atoms with Crippen molar-refractivity contribution in [2.24, 2.45) is 16.6 Å². The lowest BCUT2D eigenvalue weighted by molar-refractivity contribution is -0.127. The van der Waals surface area contributed by atoms with Crippen LogP contribution in [0.25, 0.3) is 10.8 Å². The molecule has 0 unspecified atom stereocenters. The summed E-state index contributed by atoms with van der Waals surface area (Å²) in [6, 6.07) is 27.2. The van der Waals surface area contributed by atoms with E-state index in [1.807, 2.05) is 90.5 Å². The van der Waals surface area contributed by atoms with Gasteiger partial charge in [0.15, 0.2) is 11.5 Å². The Morgan fingerprint density at radius 1 is 0.848 bits per heavy atom. The number of methoxy groups -OCH3 is 1. The number of halogens is 1. The van der Waals surface area contributed by atoms with Gasteiger partial charge < -0.3 is 40.4 Å². The number of alkyl halides is 1. The average Bonchev–Trinajstić information content (AvgIpc) is 3.63.